The lowest BCUT2D eigenvalue weighted by Gasteiger charge is -2.22. The van der Waals surface area contributed by atoms with Crippen molar-refractivity contribution in [3.05, 3.63) is 0 Å². The van der Waals surface area contributed by atoms with E-state index in [1.807, 2.05) is 0 Å². The lowest BCUT2D eigenvalue weighted by molar-refractivity contribution is -0.124. The molecule has 5 heteroatoms. The van der Waals surface area contributed by atoms with Crippen LogP contribution in [0.2, 0.25) is 0 Å². The first-order valence-corrected chi connectivity index (χ1v) is 6.10. The molecule has 0 bridgehead atoms. The Morgan fingerprint density at radius 1 is 1.29 bits per heavy atom. The van der Waals surface area contributed by atoms with Gasteiger partial charge < -0.3 is 19.3 Å². The number of hydrogen-bond donors (Lipinski definition) is 1. The van der Waals surface area contributed by atoms with Gasteiger partial charge in [0.05, 0.1) is 32.5 Å². The number of carbonyl (C=O) groups is 1. The van der Waals surface area contributed by atoms with Gasteiger partial charge >= 0.3 is 0 Å². The quantitative estimate of drug-likeness (QED) is 0.633. The highest BCUT2D eigenvalue weighted by molar-refractivity contribution is 5.79. The van der Waals surface area contributed by atoms with E-state index in [1.165, 1.54) is 0 Å². The molecule has 0 saturated heterocycles. The van der Waals surface area contributed by atoms with Gasteiger partial charge in [-0.2, -0.15) is 0 Å². The highest BCUT2D eigenvalue weighted by Gasteiger charge is 2.19. The van der Waals surface area contributed by atoms with Crippen molar-refractivity contribution in [2.75, 3.05) is 33.5 Å². The molecule has 100 valence electrons. The summed E-state index contributed by atoms with van der Waals surface area (Å²) in [7, 11) is 1.60. The summed E-state index contributed by atoms with van der Waals surface area (Å²) in [4.78, 5) is 11.0. The molecular weight excluding hydrogens is 224 g/mol. The SMILES string of the molecule is COCCOCC(O)COC1CCC(=O)CC1. The number of aliphatic hydroxyl groups is 1. The lowest BCUT2D eigenvalue weighted by Crippen LogP contribution is -2.28. The summed E-state index contributed by atoms with van der Waals surface area (Å²) in [6.07, 6.45) is 2.26. The maximum Gasteiger partial charge on any atom is 0.133 e. The first-order chi connectivity index (χ1) is 8.22. The minimum absolute atomic E-state index is 0.112. The number of aliphatic hydroxyl groups excluding tert-OH is 1. The molecule has 1 N–H and O–H groups in total. The molecule has 0 spiro atoms. The highest BCUT2D eigenvalue weighted by atomic mass is 16.5. The third-order valence-corrected chi connectivity index (χ3v) is 2.76. The van der Waals surface area contributed by atoms with E-state index in [4.69, 9.17) is 14.2 Å². The van der Waals surface area contributed by atoms with Crippen LogP contribution in [0, 0.1) is 0 Å². The molecule has 0 radical (unpaired) electrons. The van der Waals surface area contributed by atoms with Gasteiger partial charge in [0, 0.05) is 20.0 Å². The summed E-state index contributed by atoms with van der Waals surface area (Å²) in [5, 5.41) is 9.57. The molecule has 1 aliphatic rings. The summed E-state index contributed by atoms with van der Waals surface area (Å²) in [5.41, 5.74) is 0. The molecule has 0 aromatic rings. The fourth-order valence-corrected chi connectivity index (χ4v) is 1.74. The lowest BCUT2D eigenvalue weighted by atomic mass is 9.96. The van der Waals surface area contributed by atoms with E-state index in [9.17, 15) is 9.90 Å². The van der Waals surface area contributed by atoms with Crippen LogP contribution in [0.25, 0.3) is 0 Å². The zero-order chi connectivity index (χ0) is 12.5. The van der Waals surface area contributed by atoms with Gasteiger partial charge in [-0.05, 0) is 12.8 Å². The van der Waals surface area contributed by atoms with Crippen molar-refractivity contribution in [1.29, 1.82) is 0 Å². The molecule has 17 heavy (non-hydrogen) atoms. The zero-order valence-electron chi connectivity index (χ0n) is 10.4. The fourth-order valence-electron chi connectivity index (χ4n) is 1.74. The van der Waals surface area contributed by atoms with Gasteiger partial charge in [0.25, 0.3) is 0 Å². The Hall–Kier alpha value is -0.490. The first-order valence-electron chi connectivity index (χ1n) is 6.10. The minimum atomic E-state index is -0.607. The van der Waals surface area contributed by atoms with Crippen LogP contribution in [0.3, 0.4) is 0 Å². The smallest absolute Gasteiger partial charge is 0.133 e. The van der Waals surface area contributed by atoms with E-state index in [1.54, 1.807) is 7.11 Å². The number of rotatable bonds is 8. The molecule has 0 aliphatic heterocycles. The van der Waals surface area contributed by atoms with Gasteiger partial charge in [-0.3, -0.25) is 4.79 Å². The molecule has 0 heterocycles. The number of Topliss-reactive ketones (excluding diaryl/α,β-unsaturated/α-hetero) is 1. The van der Waals surface area contributed by atoms with E-state index in [0.717, 1.165) is 12.8 Å². The molecule has 1 aliphatic carbocycles. The Bertz CT molecular complexity index is 209. The molecule has 1 unspecified atom stereocenters. The van der Waals surface area contributed by atoms with Crippen LogP contribution in [0.4, 0.5) is 0 Å². The largest absolute Gasteiger partial charge is 0.388 e. The summed E-state index contributed by atoms with van der Waals surface area (Å²) in [6, 6.07) is 0. The van der Waals surface area contributed by atoms with Crippen molar-refractivity contribution < 1.29 is 24.1 Å². The molecule has 1 fully saturated rings. The van der Waals surface area contributed by atoms with Crippen molar-refractivity contribution in [3.63, 3.8) is 0 Å². The summed E-state index contributed by atoms with van der Waals surface area (Å²) < 4.78 is 15.5. The van der Waals surface area contributed by atoms with Gasteiger partial charge in [0.15, 0.2) is 0 Å². The van der Waals surface area contributed by atoms with E-state index >= 15 is 0 Å². The van der Waals surface area contributed by atoms with Crippen LogP contribution < -0.4 is 0 Å². The third-order valence-electron chi connectivity index (χ3n) is 2.76. The van der Waals surface area contributed by atoms with Crippen LogP contribution in [0.1, 0.15) is 25.7 Å². The second-order valence-electron chi connectivity index (χ2n) is 4.29. The Balaban J connectivity index is 1.99. The van der Waals surface area contributed by atoms with Gasteiger partial charge in [-0.25, -0.2) is 0 Å². The van der Waals surface area contributed by atoms with E-state index in [0.29, 0.717) is 31.8 Å². The van der Waals surface area contributed by atoms with Gasteiger partial charge in [0.1, 0.15) is 11.9 Å². The number of ketones is 1. The molecule has 5 nitrogen and oxygen atoms in total. The van der Waals surface area contributed by atoms with Crippen molar-refractivity contribution >= 4 is 5.78 Å². The Labute approximate surface area is 102 Å². The normalized spacial score (nSPS) is 19.5. The van der Waals surface area contributed by atoms with E-state index < -0.39 is 6.10 Å². The molecular formula is C12H22O5. The topological polar surface area (TPSA) is 65.0 Å². The molecule has 1 rings (SSSR count). The minimum Gasteiger partial charge on any atom is -0.388 e. The van der Waals surface area contributed by atoms with Gasteiger partial charge in [-0.15, -0.1) is 0 Å². The summed E-state index contributed by atoms with van der Waals surface area (Å²) in [5.74, 6) is 0.313. The van der Waals surface area contributed by atoms with Crippen molar-refractivity contribution in [2.45, 2.75) is 37.9 Å². The predicted molar refractivity (Wildman–Crippen MR) is 61.9 cm³/mol. The molecule has 0 amide bonds. The van der Waals surface area contributed by atoms with Crippen molar-refractivity contribution in [2.24, 2.45) is 0 Å². The maximum atomic E-state index is 11.0. The van der Waals surface area contributed by atoms with Crippen LogP contribution >= 0.6 is 0 Å². The standard InChI is InChI=1S/C12H22O5/c1-15-6-7-16-8-11(14)9-17-12-4-2-10(13)3-5-12/h11-12,14H,2-9H2,1H3. The second kappa shape index (κ2) is 8.58. The monoisotopic (exact) mass is 246 g/mol. The Morgan fingerprint density at radius 3 is 2.65 bits per heavy atom. The average molecular weight is 246 g/mol. The van der Waals surface area contributed by atoms with Crippen molar-refractivity contribution in [3.8, 4) is 0 Å². The Kier molecular flexibility index (Phi) is 7.35. The highest BCUT2D eigenvalue weighted by Crippen LogP contribution is 2.17. The van der Waals surface area contributed by atoms with Crippen LogP contribution in [0.5, 0.6) is 0 Å². The summed E-state index contributed by atoms with van der Waals surface area (Å²) in [6.45, 7) is 1.53. The number of ether oxygens (including phenoxy) is 3. The molecule has 1 saturated carbocycles. The van der Waals surface area contributed by atoms with Gasteiger partial charge in [-0.1, -0.05) is 0 Å². The summed E-state index contributed by atoms with van der Waals surface area (Å²) >= 11 is 0. The third kappa shape index (κ3) is 6.73. The van der Waals surface area contributed by atoms with Crippen molar-refractivity contribution in [1.82, 2.24) is 0 Å². The van der Waals surface area contributed by atoms with Crippen LogP contribution in [0.15, 0.2) is 0 Å². The molecule has 0 aromatic carbocycles. The predicted octanol–water partition coefficient (Wildman–Crippen LogP) is 0.539. The number of methoxy groups -OCH3 is 1. The van der Waals surface area contributed by atoms with Crippen LogP contribution in [-0.4, -0.2) is 56.6 Å². The Morgan fingerprint density at radius 2 is 2.00 bits per heavy atom. The zero-order valence-corrected chi connectivity index (χ0v) is 10.4. The fraction of sp³-hybridized carbons (Fsp3) is 0.917. The van der Waals surface area contributed by atoms with Crippen LogP contribution in [-0.2, 0) is 19.0 Å². The van der Waals surface area contributed by atoms with E-state index in [-0.39, 0.29) is 19.3 Å². The second-order valence-corrected chi connectivity index (χ2v) is 4.29. The van der Waals surface area contributed by atoms with E-state index in [2.05, 4.69) is 0 Å². The number of carbonyl (C=O) groups excluding carboxylic acids is 1. The average Bonchev–Trinajstić information content (AvgIpc) is 2.34. The van der Waals surface area contributed by atoms with Gasteiger partial charge in [0.2, 0.25) is 0 Å². The molecule has 0 aromatic heterocycles. The molecule has 1 atom stereocenters. The number of hydrogen-bond acceptors (Lipinski definition) is 5. The first kappa shape index (κ1) is 14.6. The maximum absolute atomic E-state index is 11.0.